The summed E-state index contributed by atoms with van der Waals surface area (Å²) in [7, 11) is 0. The Bertz CT molecular complexity index is 144. The first-order chi connectivity index (χ1) is 6.15. The third kappa shape index (κ3) is 2.98. The topological polar surface area (TPSA) is 20.2 Å². The second-order valence-electron chi connectivity index (χ2n) is 4.87. The normalized spacial score (nSPS) is 34.2. The Morgan fingerprint density at radius 2 is 2.08 bits per heavy atom. The van der Waals surface area contributed by atoms with E-state index in [-0.39, 0.29) is 6.10 Å². The minimum Gasteiger partial charge on any atom is -0.393 e. The molecule has 0 radical (unpaired) electrons. The summed E-state index contributed by atoms with van der Waals surface area (Å²) in [6, 6.07) is 0. The van der Waals surface area contributed by atoms with E-state index in [1.54, 1.807) is 0 Å². The van der Waals surface area contributed by atoms with Gasteiger partial charge in [-0.1, -0.05) is 40.0 Å². The van der Waals surface area contributed by atoms with Gasteiger partial charge >= 0.3 is 0 Å². The van der Waals surface area contributed by atoms with Crippen LogP contribution in [0.15, 0.2) is 0 Å². The van der Waals surface area contributed by atoms with Crippen LogP contribution in [0.2, 0.25) is 0 Å². The van der Waals surface area contributed by atoms with Gasteiger partial charge in [0.2, 0.25) is 0 Å². The van der Waals surface area contributed by atoms with Crippen molar-refractivity contribution in [3.05, 3.63) is 0 Å². The molecule has 4 atom stereocenters. The molecular weight excluding hydrogens is 160 g/mol. The van der Waals surface area contributed by atoms with Gasteiger partial charge < -0.3 is 5.11 Å². The molecule has 0 amide bonds. The van der Waals surface area contributed by atoms with Crippen LogP contribution in [0, 0.1) is 17.8 Å². The quantitative estimate of drug-likeness (QED) is 0.714. The molecule has 0 heterocycles. The molecule has 1 rings (SSSR count). The van der Waals surface area contributed by atoms with Gasteiger partial charge in [-0.05, 0) is 30.6 Å². The van der Waals surface area contributed by atoms with Crippen molar-refractivity contribution in [2.45, 2.75) is 59.0 Å². The molecule has 1 aliphatic rings. The van der Waals surface area contributed by atoms with Crippen LogP contribution in [0.5, 0.6) is 0 Å². The number of hydrogen-bond acceptors (Lipinski definition) is 1. The Labute approximate surface area is 82.5 Å². The summed E-state index contributed by atoms with van der Waals surface area (Å²) in [5.41, 5.74) is 0. The van der Waals surface area contributed by atoms with Crippen LogP contribution >= 0.6 is 0 Å². The molecule has 0 bridgehead atoms. The first kappa shape index (κ1) is 11.0. The average Bonchev–Trinajstić information content (AvgIpc) is 2.15. The minimum absolute atomic E-state index is 0.0738. The second-order valence-corrected chi connectivity index (χ2v) is 4.87. The van der Waals surface area contributed by atoms with E-state index in [1.165, 1.54) is 25.7 Å². The van der Waals surface area contributed by atoms with Crippen LogP contribution in [0.4, 0.5) is 0 Å². The van der Waals surface area contributed by atoms with Gasteiger partial charge in [-0.3, -0.25) is 0 Å². The SMILES string of the molecule is CCC(O)C(C)C1CCCC(C)C1. The molecule has 1 nitrogen and oxygen atoms in total. The summed E-state index contributed by atoms with van der Waals surface area (Å²) in [4.78, 5) is 0. The standard InChI is InChI=1S/C12H24O/c1-4-12(13)10(3)11-7-5-6-9(2)8-11/h9-13H,4-8H2,1-3H3. The van der Waals surface area contributed by atoms with E-state index in [1.807, 2.05) is 0 Å². The highest BCUT2D eigenvalue weighted by molar-refractivity contribution is 4.78. The number of aliphatic hydroxyl groups is 1. The molecule has 13 heavy (non-hydrogen) atoms. The van der Waals surface area contributed by atoms with Crippen molar-refractivity contribution in [1.29, 1.82) is 0 Å². The van der Waals surface area contributed by atoms with E-state index < -0.39 is 0 Å². The summed E-state index contributed by atoms with van der Waals surface area (Å²) in [5.74, 6) is 2.16. The number of rotatable bonds is 3. The minimum atomic E-state index is -0.0738. The summed E-state index contributed by atoms with van der Waals surface area (Å²) in [5, 5.41) is 9.76. The molecule has 1 N–H and O–H groups in total. The van der Waals surface area contributed by atoms with Crippen molar-refractivity contribution in [1.82, 2.24) is 0 Å². The monoisotopic (exact) mass is 184 g/mol. The van der Waals surface area contributed by atoms with Gasteiger partial charge in [0.15, 0.2) is 0 Å². The van der Waals surface area contributed by atoms with Crippen LogP contribution in [0.3, 0.4) is 0 Å². The molecule has 1 aliphatic carbocycles. The average molecular weight is 184 g/mol. The predicted octanol–water partition coefficient (Wildman–Crippen LogP) is 3.22. The van der Waals surface area contributed by atoms with E-state index in [2.05, 4.69) is 20.8 Å². The van der Waals surface area contributed by atoms with Crippen LogP contribution in [-0.2, 0) is 0 Å². The highest BCUT2D eigenvalue weighted by Gasteiger charge is 2.27. The third-order valence-electron chi connectivity index (χ3n) is 3.75. The van der Waals surface area contributed by atoms with Gasteiger partial charge in [-0.15, -0.1) is 0 Å². The molecule has 0 aliphatic heterocycles. The molecule has 0 saturated heterocycles. The van der Waals surface area contributed by atoms with Crippen LogP contribution in [-0.4, -0.2) is 11.2 Å². The lowest BCUT2D eigenvalue weighted by Gasteiger charge is -2.33. The fourth-order valence-corrected chi connectivity index (χ4v) is 2.64. The zero-order valence-corrected chi connectivity index (χ0v) is 9.29. The fourth-order valence-electron chi connectivity index (χ4n) is 2.64. The van der Waals surface area contributed by atoms with Gasteiger partial charge in [-0.2, -0.15) is 0 Å². The van der Waals surface area contributed by atoms with Crippen LogP contribution in [0.25, 0.3) is 0 Å². The van der Waals surface area contributed by atoms with Gasteiger partial charge in [0.1, 0.15) is 0 Å². The molecule has 1 fully saturated rings. The maximum Gasteiger partial charge on any atom is 0.0565 e. The van der Waals surface area contributed by atoms with Crippen molar-refractivity contribution in [3.8, 4) is 0 Å². The number of hydrogen-bond donors (Lipinski definition) is 1. The summed E-state index contributed by atoms with van der Waals surface area (Å²) < 4.78 is 0. The Balaban J connectivity index is 2.41. The van der Waals surface area contributed by atoms with E-state index in [9.17, 15) is 5.11 Å². The third-order valence-corrected chi connectivity index (χ3v) is 3.75. The Morgan fingerprint density at radius 3 is 2.62 bits per heavy atom. The summed E-state index contributed by atoms with van der Waals surface area (Å²) in [6.07, 6.45) is 6.26. The fraction of sp³-hybridized carbons (Fsp3) is 1.00. The lowest BCUT2D eigenvalue weighted by Crippen LogP contribution is -2.28. The van der Waals surface area contributed by atoms with Crippen molar-refractivity contribution >= 4 is 0 Å². The second kappa shape index (κ2) is 4.99. The predicted molar refractivity (Wildman–Crippen MR) is 56.6 cm³/mol. The Morgan fingerprint density at radius 1 is 1.38 bits per heavy atom. The Kier molecular flexibility index (Phi) is 4.24. The van der Waals surface area contributed by atoms with Crippen molar-refractivity contribution in [2.75, 3.05) is 0 Å². The first-order valence-electron chi connectivity index (χ1n) is 5.83. The van der Waals surface area contributed by atoms with E-state index in [0.29, 0.717) is 5.92 Å². The van der Waals surface area contributed by atoms with Gasteiger partial charge in [0.05, 0.1) is 6.10 Å². The van der Waals surface area contributed by atoms with Gasteiger partial charge in [-0.25, -0.2) is 0 Å². The lowest BCUT2D eigenvalue weighted by atomic mass is 9.74. The van der Waals surface area contributed by atoms with Crippen molar-refractivity contribution < 1.29 is 5.11 Å². The zero-order valence-electron chi connectivity index (χ0n) is 9.29. The Hall–Kier alpha value is -0.0400. The smallest absolute Gasteiger partial charge is 0.0565 e. The number of aliphatic hydroxyl groups excluding tert-OH is 1. The van der Waals surface area contributed by atoms with Crippen LogP contribution in [0.1, 0.15) is 52.9 Å². The van der Waals surface area contributed by atoms with E-state index >= 15 is 0 Å². The molecule has 4 unspecified atom stereocenters. The maximum atomic E-state index is 9.76. The highest BCUT2D eigenvalue weighted by atomic mass is 16.3. The molecule has 0 aromatic heterocycles. The zero-order chi connectivity index (χ0) is 9.84. The molecule has 1 saturated carbocycles. The molecule has 1 heteroatoms. The molecule has 0 aromatic carbocycles. The first-order valence-corrected chi connectivity index (χ1v) is 5.83. The van der Waals surface area contributed by atoms with E-state index in [0.717, 1.165) is 18.3 Å². The van der Waals surface area contributed by atoms with Gasteiger partial charge in [0, 0.05) is 0 Å². The maximum absolute atomic E-state index is 9.76. The van der Waals surface area contributed by atoms with Crippen molar-refractivity contribution in [2.24, 2.45) is 17.8 Å². The summed E-state index contributed by atoms with van der Waals surface area (Å²) in [6.45, 7) is 6.64. The highest BCUT2D eigenvalue weighted by Crippen LogP contribution is 2.35. The van der Waals surface area contributed by atoms with Crippen LogP contribution < -0.4 is 0 Å². The largest absolute Gasteiger partial charge is 0.393 e. The lowest BCUT2D eigenvalue weighted by molar-refractivity contribution is 0.0581. The molecule has 78 valence electrons. The molecule has 0 aromatic rings. The molecular formula is C12H24O. The molecule has 0 spiro atoms. The van der Waals surface area contributed by atoms with E-state index in [4.69, 9.17) is 0 Å². The van der Waals surface area contributed by atoms with Gasteiger partial charge in [0.25, 0.3) is 0 Å². The summed E-state index contributed by atoms with van der Waals surface area (Å²) >= 11 is 0. The van der Waals surface area contributed by atoms with Crippen molar-refractivity contribution in [3.63, 3.8) is 0 Å².